The number of aryl methyl sites for hydroxylation is 1. The minimum Gasteiger partial charge on any atom is -0.303 e. The zero-order chi connectivity index (χ0) is 11.4. The molecule has 0 unspecified atom stereocenters. The van der Waals surface area contributed by atoms with E-state index in [0.717, 1.165) is 6.42 Å². The van der Waals surface area contributed by atoms with Crippen LogP contribution < -0.4 is 0 Å². The Balaban J connectivity index is 1.81. The first kappa shape index (κ1) is 11.4. The molecule has 2 rings (SSSR count). The molecule has 1 nitrogen and oxygen atoms in total. The van der Waals surface area contributed by atoms with Crippen molar-refractivity contribution in [2.45, 2.75) is 32.6 Å². The Labute approximate surface area is 97.9 Å². The average molecular weight is 216 g/mol. The molecule has 1 aromatic carbocycles. The fourth-order valence-corrected chi connectivity index (χ4v) is 2.80. The molecule has 86 valence electrons. The lowest BCUT2D eigenvalue weighted by Gasteiger charge is -2.00. The van der Waals surface area contributed by atoms with Gasteiger partial charge in [-0.2, -0.15) is 0 Å². The van der Waals surface area contributed by atoms with Gasteiger partial charge in [0.25, 0.3) is 0 Å². The highest BCUT2D eigenvalue weighted by Crippen LogP contribution is 2.50. The summed E-state index contributed by atoms with van der Waals surface area (Å²) in [5.74, 6) is 1.72. The second-order valence-electron chi connectivity index (χ2n) is 4.85. The van der Waals surface area contributed by atoms with Crippen LogP contribution in [0.3, 0.4) is 0 Å². The molecule has 1 fully saturated rings. The second kappa shape index (κ2) is 5.29. The summed E-state index contributed by atoms with van der Waals surface area (Å²) in [6.07, 6.45) is 5.91. The van der Waals surface area contributed by atoms with E-state index >= 15 is 0 Å². The van der Waals surface area contributed by atoms with Gasteiger partial charge in [0.1, 0.15) is 6.29 Å². The van der Waals surface area contributed by atoms with Gasteiger partial charge in [-0.1, -0.05) is 43.7 Å². The molecule has 0 N–H and O–H groups in total. The summed E-state index contributed by atoms with van der Waals surface area (Å²) in [4.78, 5) is 10.9. The first-order valence-corrected chi connectivity index (χ1v) is 6.36. The van der Waals surface area contributed by atoms with Gasteiger partial charge in [0.2, 0.25) is 0 Å². The molecular formula is C15H20O. The SMILES string of the molecule is CCC[C@H]1[C@H](C=O)[C@H]1CCc1ccccc1. The van der Waals surface area contributed by atoms with Crippen LogP contribution in [-0.4, -0.2) is 6.29 Å². The van der Waals surface area contributed by atoms with E-state index in [2.05, 4.69) is 37.3 Å². The van der Waals surface area contributed by atoms with E-state index in [9.17, 15) is 4.79 Å². The van der Waals surface area contributed by atoms with Crippen molar-refractivity contribution in [3.8, 4) is 0 Å². The highest BCUT2D eigenvalue weighted by Gasteiger charge is 2.47. The molecule has 0 aliphatic heterocycles. The Hall–Kier alpha value is -1.11. The molecule has 3 atom stereocenters. The smallest absolute Gasteiger partial charge is 0.123 e. The maximum absolute atomic E-state index is 10.9. The van der Waals surface area contributed by atoms with Crippen molar-refractivity contribution in [1.29, 1.82) is 0 Å². The third-order valence-electron chi connectivity index (χ3n) is 3.79. The largest absolute Gasteiger partial charge is 0.303 e. The maximum atomic E-state index is 10.9. The fourth-order valence-electron chi connectivity index (χ4n) is 2.80. The molecule has 0 amide bonds. The van der Waals surface area contributed by atoms with Crippen LogP contribution >= 0.6 is 0 Å². The third kappa shape index (κ3) is 2.52. The van der Waals surface area contributed by atoms with Crippen molar-refractivity contribution in [1.82, 2.24) is 0 Å². The summed E-state index contributed by atoms with van der Waals surface area (Å²) in [6, 6.07) is 10.6. The van der Waals surface area contributed by atoms with E-state index in [0.29, 0.717) is 17.8 Å². The lowest BCUT2D eigenvalue weighted by atomic mass is 10.1. The summed E-state index contributed by atoms with van der Waals surface area (Å²) in [5, 5.41) is 0. The molecule has 1 aromatic rings. The van der Waals surface area contributed by atoms with Crippen molar-refractivity contribution >= 4 is 6.29 Å². The number of carbonyl (C=O) groups is 1. The third-order valence-corrected chi connectivity index (χ3v) is 3.79. The highest BCUT2D eigenvalue weighted by molar-refractivity contribution is 5.59. The minimum atomic E-state index is 0.365. The number of aldehydes is 1. The zero-order valence-electron chi connectivity index (χ0n) is 9.93. The van der Waals surface area contributed by atoms with E-state index < -0.39 is 0 Å². The van der Waals surface area contributed by atoms with Gasteiger partial charge < -0.3 is 4.79 Å². The van der Waals surface area contributed by atoms with Crippen molar-refractivity contribution in [2.75, 3.05) is 0 Å². The van der Waals surface area contributed by atoms with E-state index in [-0.39, 0.29) is 0 Å². The van der Waals surface area contributed by atoms with E-state index in [1.54, 1.807) is 0 Å². The molecule has 0 radical (unpaired) electrons. The van der Waals surface area contributed by atoms with Crippen LogP contribution in [0.25, 0.3) is 0 Å². The monoisotopic (exact) mass is 216 g/mol. The van der Waals surface area contributed by atoms with Crippen molar-refractivity contribution in [3.05, 3.63) is 35.9 Å². The molecule has 1 saturated carbocycles. The van der Waals surface area contributed by atoms with Crippen LogP contribution in [-0.2, 0) is 11.2 Å². The predicted molar refractivity (Wildman–Crippen MR) is 66.2 cm³/mol. The van der Waals surface area contributed by atoms with Crippen molar-refractivity contribution < 1.29 is 4.79 Å². The van der Waals surface area contributed by atoms with Gasteiger partial charge in [0, 0.05) is 5.92 Å². The van der Waals surface area contributed by atoms with Crippen molar-refractivity contribution in [2.24, 2.45) is 17.8 Å². The zero-order valence-corrected chi connectivity index (χ0v) is 9.93. The van der Waals surface area contributed by atoms with E-state index in [1.165, 1.54) is 31.1 Å². The number of benzene rings is 1. The predicted octanol–water partition coefficient (Wildman–Crippen LogP) is 3.48. The normalized spacial score (nSPS) is 27.7. The molecule has 1 aliphatic carbocycles. The van der Waals surface area contributed by atoms with Crippen LogP contribution in [0.15, 0.2) is 30.3 Å². The molecular weight excluding hydrogens is 196 g/mol. The number of rotatable bonds is 6. The molecule has 0 bridgehead atoms. The van der Waals surface area contributed by atoms with E-state index in [1.807, 2.05) is 0 Å². The van der Waals surface area contributed by atoms with E-state index in [4.69, 9.17) is 0 Å². The van der Waals surface area contributed by atoms with Gasteiger partial charge in [-0.05, 0) is 36.7 Å². The molecule has 0 aromatic heterocycles. The van der Waals surface area contributed by atoms with Crippen LogP contribution in [0.1, 0.15) is 31.7 Å². The summed E-state index contributed by atoms with van der Waals surface area (Å²) in [5.41, 5.74) is 1.40. The lowest BCUT2D eigenvalue weighted by molar-refractivity contribution is -0.109. The van der Waals surface area contributed by atoms with Gasteiger partial charge in [0.05, 0.1) is 0 Å². The number of carbonyl (C=O) groups excluding carboxylic acids is 1. The average Bonchev–Trinajstić information content (AvgIpc) is 3.00. The molecule has 1 heteroatoms. The van der Waals surface area contributed by atoms with Gasteiger partial charge >= 0.3 is 0 Å². The summed E-state index contributed by atoms with van der Waals surface area (Å²) in [6.45, 7) is 2.20. The first-order chi connectivity index (χ1) is 7.86. The number of hydrogen-bond acceptors (Lipinski definition) is 1. The molecule has 16 heavy (non-hydrogen) atoms. The van der Waals surface area contributed by atoms with Crippen LogP contribution in [0.2, 0.25) is 0 Å². The minimum absolute atomic E-state index is 0.365. The Bertz CT molecular complexity index is 331. The van der Waals surface area contributed by atoms with Gasteiger partial charge in [-0.25, -0.2) is 0 Å². The number of hydrogen-bond donors (Lipinski definition) is 0. The Morgan fingerprint density at radius 1 is 1.12 bits per heavy atom. The highest BCUT2D eigenvalue weighted by atomic mass is 16.1. The van der Waals surface area contributed by atoms with Gasteiger partial charge in [-0.15, -0.1) is 0 Å². The molecule has 1 aliphatic rings. The van der Waals surface area contributed by atoms with Gasteiger partial charge in [-0.3, -0.25) is 0 Å². The Morgan fingerprint density at radius 2 is 1.81 bits per heavy atom. The topological polar surface area (TPSA) is 17.1 Å². The second-order valence-corrected chi connectivity index (χ2v) is 4.85. The van der Waals surface area contributed by atoms with Crippen LogP contribution in [0.5, 0.6) is 0 Å². The fraction of sp³-hybridized carbons (Fsp3) is 0.533. The molecule has 0 saturated heterocycles. The van der Waals surface area contributed by atoms with Crippen molar-refractivity contribution in [3.63, 3.8) is 0 Å². The summed E-state index contributed by atoms with van der Waals surface area (Å²) in [7, 11) is 0. The Kier molecular flexibility index (Phi) is 3.76. The Morgan fingerprint density at radius 3 is 2.44 bits per heavy atom. The molecule has 0 heterocycles. The van der Waals surface area contributed by atoms with Gasteiger partial charge in [0.15, 0.2) is 0 Å². The lowest BCUT2D eigenvalue weighted by Crippen LogP contribution is -1.89. The molecule has 0 spiro atoms. The maximum Gasteiger partial charge on any atom is 0.123 e. The first-order valence-electron chi connectivity index (χ1n) is 6.36. The van der Waals surface area contributed by atoms with Crippen LogP contribution in [0, 0.1) is 17.8 Å². The standard InChI is InChI=1S/C15H20O/c1-2-6-13-14(15(13)11-16)10-9-12-7-4-3-5-8-12/h3-5,7-8,11,13-15H,2,6,9-10H2,1H3/t13-,14+,15+/m1/s1. The van der Waals surface area contributed by atoms with Crippen LogP contribution in [0.4, 0.5) is 0 Å². The summed E-state index contributed by atoms with van der Waals surface area (Å²) < 4.78 is 0. The quantitative estimate of drug-likeness (QED) is 0.665. The summed E-state index contributed by atoms with van der Waals surface area (Å²) >= 11 is 0.